The second-order valence-corrected chi connectivity index (χ2v) is 11.0. The quantitative estimate of drug-likeness (QED) is 0.374. The molecule has 36 heavy (non-hydrogen) atoms. The predicted molar refractivity (Wildman–Crippen MR) is 142 cm³/mol. The summed E-state index contributed by atoms with van der Waals surface area (Å²) >= 11 is 3.16. The number of halogens is 1. The van der Waals surface area contributed by atoms with Gasteiger partial charge in [-0.2, -0.15) is 0 Å². The van der Waals surface area contributed by atoms with Crippen LogP contribution < -0.4 is 0 Å². The van der Waals surface area contributed by atoms with E-state index in [1.165, 1.54) is 12.1 Å². The zero-order valence-electron chi connectivity index (χ0n) is 20.5. The first-order chi connectivity index (χ1) is 17.5. The van der Waals surface area contributed by atoms with Gasteiger partial charge in [-0.15, -0.1) is 22.7 Å². The van der Waals surface area contributed by atoms with Gasteiger partial charge in [-0.3, -0.25) is 14.5 Å². The second-order valence-electron chi connectivity index (χ2n) is 8.93. The van der Waals surface area contributed by atoms with Crippen LogP contribution in [0.4, 0.5) is 4.39 Å². The number of carbonyl (C=O) groups is 2. The Morgan fingerprint density at radius 2 is 1.75 bits per heavy atom. The van der Waals surface area contributed by atoms with Gasteiger partial charge in [0.2, 0.25) is 11.8 Å². The number of rotatable bonds is 11. The second kappa shape index (κ2) is 13.1. The minimum atomic E-state index is -0.306. The van der Waals surface area contributed by atoms with Crippen molar-refractivity contribution in [3.8, 4) is 0 Å². The number of amides is 2. The molecule has 1 aliphatic rings. The number of carbonyl (C=O) groups excluding carboxylic acids is 2. The van der Waals surface area contributed by atoms with E-state index in [9.17, 15) is 14.0 Å². The van der Waals surface area contributed by atoms with Crippen molar-refractivity contribution >= 4 is 34.5 Å². The third kappa shape index (κ3) is 7.70. The first kappa shape index (κ1) is 26.5. The highest BCUT2D eigenvalue weighted by molar-refractivity contribution is 7.10. The molecule has 2 amide bonds. The lowest BCUT2D eigenvalue weighted by atomic mass is 10.2. The third-order valence-electron chi connectivity index (χ3n) is 6.32. The van der Waals surface area contributed by atoms with Gasteiger partial charge in [-0.25, -0.2) is 4.39 Å². The fraction of sp³-hybridized carbons (Fsp3) is 0.407. The van der Waals surface area contributed by atoms with Crippen LogP contribution in [0, 0.1) is 12.7 Å². The molecule has 192 valence electrons. The van der Waals surface area contributed by atoms with Crippen LogP contribution in [-0.2, 0) is 33.8 Å². The molecule has 0 atom stereocenters. The van der Waals surface area contributed by atoms with Crippen LogP contribution in [0.5, 0.6) is 0 Å². The van der Waals surface area contributed by atoms with E-state index >= 15 is 0 Å². The van der Waals surface area contributed by atoms with Gasteiger partial charge in [0.1, 0.15) is 5.82 Å². The molecule has 1 aromatic carbocycles. The highest BCUT2D eigenvalue weighted by atomic mass is 32.1. The molecule has 3 heterocycles. The summed E-state index contributed by atoms with van der Waals surface area (Å²) < 4.78 is 18.9. The Labute approximate surface area is 219 Å². The Morgan fingerprint density at radius 3 is 2.42 bits per heavy atom. The Morgan fingerprint density at radius 1 is 0.972 bits per heavy atom. The fourth-order valence-electron chi connectivity index (χ4n) is 4.10. The summed E-state index contributed by atoms with van der Waals surface area (Å²) in [5, 5.41) is 3.98. The Hall–Kier alpha value is -2.59. The summed E-state index contributed by atoms with van der Waals surface area (Å²) in [6.45, 7) is 7.08. The van der Waals surface area contributed by atoms with Gasteiger partial charge in [-0.1, -0.05) is 18.2 Å². The van der Waals surface area contributed by atoms with Gasteiger partial charge < -0.3 is 14.5 Å². The Bertz CT molecular complexity index is 1110. The molecule has 1 fully saturated rings. The number of aryl methyl sites for hydroxylation is 1. The Balaban J connectivity index is 1.49. The van der Waals surface area contributed by atoms with Gasteiger partial charge >= 0.3 is 0 Å². The van der Waals surface area contributed by atoms with Crippen LogP contribution >= 0.6 is 22.7 Å². The zero-order valence-corrected chi connectivity index (χ0v) is 22.2. The van der Waals surface area contributed by atoms with Crippen molar-refractivity contribution in [2.75, 3.05) is 45.9 Å². The smallest absolute Gasteiger partial charge is 0.242 e. The van der Waals surface area contributed by atoms with E-state index in [0.717, 1.165) is 34.0 Å². The van der Waals surface area contributed by atoms with E-state index in [-0.39, 0.29) is 30.6 Å². The standard InChI is InChI=1S/C27H32FN3O3S2/c1-21-8-16-36-25(21)19-31(18-22-4-6-23(28)7-5-22)27(33)20-30(10-9-29-11-13-34-14-12-29)26(32)17-24-3-2-15-35-24/h2-8,15-16H,9-14,17-20H2,1H3. The molecular weight excluding hydrogens is 497 g/mol. The zero-order chi connectivity index (χ0) is 25.3. The average Bonchev–Trinajstić information content (AvgIpc) is 3.54. The van der Waals surface area contributed by atoms with Crippen molar-refractivity contribution in [1.82, 2.24) is 14.7 Å². The summed E-state index contributed by atoms with van der Waals surface area (Å²) in [4.78, 5) is 34.8. The van der Waals surface area contributed by atoms with Crippen molar-refractivity contribution < 1.29 is 18.7 Å². The molecule has 6 nitrogen and oxygen atoms in total. The molecule has 3 aromatic rings. The van der Waals surface area contributed by atoms with Crippen molar-refractivity contribution in [2.24, 2.45) is 0 Å². The molecule has 0 unspecified atom stereocenters. The highest BCUT2D eigenvalue weighted by Crippen LogP contribution is 2.20. The molecule has 1 aliphatic heterocycles. The maximum Gasteiger partial charge on any atom is 0.242 e. The first-order valence-electron chi connectivity index (χ1n) is 12.1. The topological polar surface area (TPSA) is 53.1 Å². The number of thiophene rings is 2. The summed E-state index contributed by atoms with van der Waals surface area (Å²) in [6.07, 6.45) is 0.288. The van der Waals surface area contributed by atoms with E-state index in [1.54, 1.807) is 44.6 Å². The van der Waals surface area contributed by atoms with E-state index < -0.39 is 0 Å². The van der Waals surface area contributed by atoms with E-state index in [0.29, 0.717) is 39.4 Å². The van der Waals surface area contributed by atoms with E-state index in [1.807, 2.05) is 35.9 Å². The number of ether oxygens (including phenoxy) is 1. The molecule has 0 saturated carbocycles. The molecule has 0 radical (unpaired) electrons. The fourth-order valence-corrected chi connectivity index (χ4v) is 5.71. The maximum absolute atomic E-state index is 13.7. The van der Waals surface area contributed by atoms with Gasteiger partial charge in [0.15, 0.2) is 0 Å². The molecule has 0 bridgehead atoms. The average molecular weight is 530 g/mol. The summed E-state index contributed by atoms with van der Waals surface area (Å²) in [5.41, 5.74) is 1.98. The SMILES string of the molecule is Cc1ccsc1CN(Cc1ccc(F)cc1)C(=O)CN(CCN1CCOCC1)C(=O)Cc1cccs1. The van der Waals surface area contributed by atoms with Gasteiger partial charge in [0.25, 0.3) is 0 Å². The minimum absolute atomic E-state index is 0.0141. The van der Waals surface area contributed by atoms with E-state index in [2.05, 4.69) is 4.90 Å². The normalized spacial score (nSPS) is 14.1. The predicted octanol–water partition coefficient (Wildman–Crippen LogP) is 4.19. The summed E-state index contributed by atoms with van der Waals surface area (Å²) in [5.74, 6) is -0.471. The molecule has 1 saturated heterocycles. The number of hydrogen-bond donors (Lipinski definition) is 0. The molecule has 0 N–H and O–H groups in total. The monoisotopic (exact) mass is 529 g/mol. The number of morpholine rings is 1. The first-order valence-corrected chi connectivity index (χ1v) is 13.9. The van der Waals surface area contributed by atoms with Crippen LogP contribution in [0.1, 0.15) is 20.9 Å². The summed E-state index contributed by atoms with van der Waals surface area (Å²) in [6, 6.07) is 12.2. The lowest BCUT2D eigenvalue weighted by Crippen LogP contribution is -2.47. The van der Waals surface area contributed by atoms with Crippen LogP contribution in [0.15, 0.2) is 53.2 Å². The van der Waals surface area contributed by atoms with Gasteiger partial charge in [-0.05, 0) is 53.1 Å². The van der Waals surface area contributed by atoms with Gasteiger partial charge in [0, 0.05) is 42.5 Å². The largest absolute Gasteiger partial charge is 0.379 e. The molecule has 4 rings (SSSR count). The van der Waals surface area contributed by atoms with Crippen LogP contribution in [-0.4, -0.2) is 72.5 Å². The minimum Gasteiger partial charge on any atom is -0.379 e. The Kier molecular flexibility index (Phi) is 9.63. The number of nitrogens with zero attached hydrogens (tertiary/aromatic N) is 3. The van der Waals surface area contributed by atoms with Crippen molar-refractivity contribution in [3.63, 3.8) is 0 Å². The third-order valence-corrected chi connectivity index (χ3v) is 8.20. The van der Waals surface area contributed by atoms with Crippen LogP contribution in [0.25, 0.3) is 0 Å². The van der Waals surface area contributed by atoms with E-state index in [4.69, 9.17) is 4.74 Å². The van der Waals surface area contributed by atoms with Gasteiger partial charge in [0.05, 0.1) is 32.7 Å². The van der Waals surface area contributed by atoms with Crippen molar-refractivity contribution in [1.29, 1.82) is 0 Å². The molecular formula is C27H32FN3O3S2. The lowest BCUT2D eigenvalue weighted by molar-refractivity contribution is -0.141. The molecule has 9 heteroatoms. The molecule has 2 aromatic heterocycles. The molecule has 0 aliphatic carbocycles. The van der Waals surface area contributed by atoms with Crippen LogP contribution in [0.2, 0.25) is 0 Å². The van der Waals surface area contributed by atoms with Crippen molar-refractivity contribution in [2.45, 2.75) is 26.4 Å². The number of benzene rings is 1. The lowest BCUT2D eigenvalue weighted by Gasteiger charge is -2.31. The maximum atomic E-state index is 13.7. The number of hydrogen-bond acceptors (Lipinski definition) is 6. The van der Waals surface area contributed by atoms with Crippen LogP contribution in [0.3, 0.4) is 0 Å². The van der Waals surface area contributed by atoms with Crippen molar-refractivity contribution in [3.05, 3.63) is 79.9 Å². The summed E-state index contributed by atoms with van der Waals surface area (Å²) in [7, 11) is 0. The molecule has 0 spiro atoms. The highest BCUT2D eigenvalue weighted by Gasteiger charge is 2.24.